The number of guanidine groups is 1. The third-order valence-corrected chi connectivity index (χ3v) is 4.62. The molecular formula is C21H25ClFN3O2. The molecular weight excluding hydrogens is 381 g/mol. The number of halogens is 2. The Hall–Kier alpha value is -2.31. The van der Waals surface area contributed by atoms with Gasteiger partial charge < -0.3 is 20.1 Å². The van der Waals surface area contributed by atoms with Gasteiger partial charge in [0.2, 0.25) is 0 Å². The molecule has 0 atom stereocenters. The molecule has 2 aromatic carbocycles. The maximum Gasteiger partial charge on any atom is 0.191 e. The molecule has 0 amide bonds. The highest BCUT2D eigenvalue weighted by Gasteiger charge is 2.16. The molecule has 0 saturated heterocycles. The first-order chi connectivity index (χ1) is 13.7. The molecule has 28 heavy (non-hydrogen) atoms. The molecule has 1 aliphatic rings. The number of nitrogens with zero attached hydrogens (tertiary/aromatic N) is 1. The molecule has 7 heteroatoms. The van der Waals surface area contributed by atoms with E-state index < -0.39 is 0 Å². The van der Waals surface area contributed by atoms with Crippen molar-refractivity contribution < 1.29 is 13.9 Å². The first-order valence-corrected chi connectivity index (χ1v) is 9.82. The Bertz CT molecular complexity index is 812. The topological polar surface area (TPSA) is 54.9 Å². The fourth-order valence-corrected chi connectivity index (χ4v) is 3.17. The Morgan fingerprint density at radius 3 is 2.79 bits per heavy atom. The molecule has 0 aliphatic carbocycles. The maximum atomic E-state index is 13.8. The van der Waals surface area contributed by atoms with Crippen molar-refractivity contribution in [3.8, 4) is 5.75 Å². The number of rotatable bonds is 7. The van der Waals surface area contributed by atoms with Gasteiger partial charge in [0.15, 0.2) is 12.8 Å². The smallest absolute Gasteiger partial charge is 0.191 e. The van der Waals surface area contributed by atoms with E-state index >= 15 is 0 Å². The molecule has 150 valence electrons. The van der Waals surface area contributed by atoms with Crippen molar-refractivity contribution in [1.29, 1.82) is 0 Å². The predicted octanol–water partition coefficient (Wildman–Crippen LogP) is 3.69. The Morgan fingerprint density at radius 2 is 2.00 bits per heavy atom. The zero-order valence-electron chi connectivity index (χ0n) is 15.9. The molecule has 0 unspecified atom stereocenters. The third kappa shape index (κ3) is 5.84. The van der Waals surface area contributed by atoms with Gasteiger partial charge in [0.05, 0.1) is 6.61 Å². The van der Waals surface area contributed by atoms with Crippen LogP contribution in [0.5, 0.6) is 5.75 Å². The van der Waals surface area contributed by atoms with E-state index in [9.17, 15) is 4.39 Å². The van der Waals surface area contributed by atoms with E-state index in [0.29, 0.717) is 19.6 Å². The number of hydrogen-bond donors (Lipinski definition) is 2. The van der Waals surface area contributed by atoms with Crippen LogP contribution in [0.1, 0.15) is 23.6 Å². The quantitative estimate of drug-likeness (QED) is 0.545. The fourth-order valence-electron chi connectivity index (χ4n) is 3.05. The van der Waals surface area contributed by atoms with Crippen LogP contribution < -0.4 is 15.4 Å². The Morgan fingerprint density at radius 1 is 1.18 bits per heavy atom. The fraction of sp³-hybridized carbons (Fsp3) is 0.381. The molecule has 0 radical (unpaired) electrons. The van der Waals surface area contributed by atoms with E-state index in [1.807, 2.05) is 31.2 Å². The van der Waals surface area contributed by atoms with Crippen LogP contribution in [0.15, 0.2) is 41.4 Å². The number of hydrogen-bond acceptors (Lipinski definition) is 3. The van der Waals surface area contributed by atoms with Crippen molar-refractivity contribution in [2.45, 2.75) is 26.4 Å². The molecule has 3 rings (SSSR count). The van der Waals surface area contributed by atoms with Crippen LogP contribution in [0.4, 0.5) is 4.39 Å². The molecule has 1 aliphatic heterocycles. The maximum absolute atomic E-state index is 13.8. The highest BCUT2D eigenvalue weighted by atomic mass is 35.5. The zero-order chi connectivity index (χ0) is 19.8. The Labute approximate surface area is 169 Å². The van der Waals surface area contributed by atoms with Crippen LogP contribution >= 0.6 is 11.6 Å². The zero-order valence-corrected chi connectivity index (χ0v) is 16.7. The SMILES string of the molecule is CCNC(=NCCc1cc(F)cc2c1OCOC2)NCCc1ccc(Cl)cc1. The van der Waals surface area contributed by atoms with Crippen molar-refractivity contribution in [2.24, 2.45) is 4.99 Å². The average molecular weight is 406 g/mol. The molecule has 0 bridgehead atoms. The van der Waals surface area contributed by atoms with Crippen molar-refractivity contribution in [1.82, 2.24) is 10.6 Å². The highest BCUT2D eigenvalue weighted by Crippen LogP contribution is 2.29. The second-order valence-electron chi connectivity index (χ2n) is 6.48. The summed E-state index contributed by atoms with van der Waals surface area (Å²) in [5.74, 6) is 1.19. The lowest BCUT2D eigenvalue weighted by atomic mass is 10.1. The van der Waals surface area contributed by atoms with Crippen molar-refractivity contribution >= 4 is 17.6 Å². The molecule has 1 heterocycles. The number of fused-ring (bicyclic) bond motifs is 1. The lowest BCUT2D eigenvalue weighted by molar-refractivity contribution is -0.0172. The first kappa shape index (κ1) is 20.4. The summed E-state index contributed by atoms with van der Waals surface area (Å²) in [5, 5.41) is 7.29. The van der Waals surface area contributed by atoms with Crippen LogP contribution in [-0.2, 0) is 24.2 Å². The van der Waals surface area contributed by atoms with E-state index in [4.69, 9.17) is 21.1 Å². The van der Waals surface area contributed by atoms with E-state index in [0.717, 1.165) is 47.4 Å². The van der Waals surface area contributed by atoms with E-state index in [-0.39, 0.29) is 12.6 Å². The minimum atomic E-state index is -0.278. The number of nitrogens with one attached hydrogen (secondary N) is 2. The molecule has 5 nitrogen and oxygen atoms in total. The van der Waals surface area contributed by atoms with Gasteiger partial charge in [-0.3, -0.25) is 4.99 Å². The van der Waals surface area contributed by atoms with Gasteiger partial charge in [0.1, 0.15) is 11.6 Å². The van der Waals surface area contributed by atoms with E-state index in [1.54, 1.807) is 0 Å². The van der Waals surface area contributed by atoms with Gasteiger partial charge in [-0.2, -0.15) is 0 Å². The summed E-state index contributed by atoms with van der Waals surface area (Å²) in [7, 11) is 0. The van der Waals surface area contributed by atoms with Crippen LogP contribution in [0.2, 0.25) is 5.02 Å². The third-order valence-electron chi connectivity index (χ3n) is 4.37. The van der Waals surface area contributed by atoms with E-state index in [1.165, 1.54) is 17.7 Å². The van der Waals surface area contributed by atoms with Gasteiger partial charge in [0, 0.05) is 30.2 Å². The Kier molecular flexibility index (Phi) is 7.51. The van der Waals surface area contributed by atoms with Gasteiger partial charge in [-0.05, 0) is 55.2 Å². The largest absolute Gasteiger partial charge is 0.467 e. The minimum absolute atomic E-state index is 0.198. The molecule has 2 aromatic rings. The van der Waals surface area contributed by atoms with Crippen molar-refractivity contribution in [3.63, 3.8) is 0 Å². The molecule has 0 aromatic heterocycles. The summed E-state index contributed by atoms with van der Waals surface area (Å²) in [6.07, 6.45) is 1.46. The average Bonchev–Trinajstić information content (AvgIpc) is 2.69. The van der Waals surface area contributed by atoms with Gasteiger partial charge >= 0.3 is 0 Å². The summed E-state index contributed by atoms with van der Waals surface area (Å²) in [4.78, 5) is 4.60. The van der Waals surface area contributed by atoms with Gasteiger partial charge in [-0.15, -0.1) is 0 Å². The molecule has 2 N–H and O–H groups in total. The van der Waals surface area contributed by atoms with Gasteiger partial charge in [-0.1, -0.05) is 23.7 Å². The second-order valence-corrected chi connectivity index (χ2v) is 6.91. The van der Waals surface area contributed by atoms with Crippen LogP contribution in [0, 0.1) is 5.82 Å². The standard InChI is InChI=1S/C21H25ClFN3O2/c1-2-24-21(25-9-7-15-3-5-18(22)6-4-15)26-10-8-16-11-19(23)12-17-13-27-14-28-20(16)17/h3-6,11-12H,2,7-10,13-14H2,1H3,(H2,24,25,26). The lowest BCUT2D eigenvalue weighted by Gasteiger charge is -2.20. The molecule has 0 fully saturated rings. The molecule has 0 spiro atoms. The van der Waals surface area contributed by atoms with Crippen molar-refractivity contribution in [3.05, 3.63) is 63.9 Å². The lowest BCUT2D eigenvalue weighted by Crippen LogP contribution is -2.38. The summed E-state index contributed by atoms with van der Waals surface area (Å²) in [6, 6.07) is 10.8. The highest BCUT2D eigenvalue weighted by molar-refractivity contribution is 6.30. The summed E-state index contributed by atoms with van der Waals surface area (Å²) in [6.45, 7) is 4.64. The van der Waals surface area contributed by atoms with Crippen LogP contribution in [-0.4, -0.2) is 32.4 Å². The van der Waals surface area contributed by atoms with Crippen molar-refractivity contribution in [2.75, 3.05) is 26.4 Å². The number of benzene rings is 2. The Balaban J connectivity index is 1.56. The normalized spacial score (nSPS) is 13.6. The number of ether oxygens (including phenoxy) is 2. The predicted molar refractivity (Wildman–Crippen MR) is 110 cm³/mol. The monoisotopic (exact) mass is 405 g/mol. The minimum Gasteiger partial charge on any atom is -0.467 e. The van der Waals surface area contributed by atoms with E-state index in [2.05, 4.69) is 15.6 Å². The summed E-state index contributed by atoms with van der Waals surface area (Å²) >= 11 is 5.92. The van der Waals surface area contributed by atoms with Gasteiger partial charge in [0.25, 0.3) is 0 Å². The summed E-state index contributed by atoms with van der Waals surface area (Å²) in [5.41, 5.74) is 2.77. The van der Waals surface area contributed by atoms with Crippen LogP contribution in [0.3, 0.4) is 0 Å². The second kappa shape index (κ2) is 10.3. The van der Waals surface area contributed by atoms with Crippen LogP contribution in [0.25, 0.3) is 0 Å². The first-order valence-electron chi connectivity index (χ1n) is 9.44. The van der Waals surface area contributed by atoms with Gasteiger partial charge in [-0.25, -0.2) is 4.39 Å². The summed E-state index contributed by atoms with van der Waals surface area (Å²) < 4.78 is 24.6. The molecule has 0 saturated carbocycles. The number of aliphatic imine (C=N–C) groups is 1.